The van der Waals surface area contributed by atoms with E-state index in [2.05, 4.69) is 57.0 Å². The normalized spacial score (nSPS) is 13.2. The molecule has 0 aliphatic heterocycles. The van der Waals surface area contributed by atoms with Gasteiger partial charge in [0.25, 0.3) is 0 Å². The second kappa shape index (κ2) is 11.6. The summed E-state index contributed by atoms with van der Waals surface area (Å²) in [6, 6.07) is 10.4. The SMILES string of the molecule is C[SiH](C)OCCCCCCCCC(c1ccc2ccc(C=O)nc2c1)C(C)(C)C. The van der Waals surface area contributed by atoms with Crippen LogP contribution in [0.3, 0.4) is 0 Å². The number of carbonyl (C=O) groups excluding carboxylic acids is 1. The van der Waals surface area contributed by atoms with Gasteiger partial charge in [-0.25, -0.2) is 4.98 Å². The van der Waals surface area contributed by atoms with Gasteiger partial charge in [0.1, 0.15) is 5.69 Å². The van der Waals surface area contributed by atoms with Crippen molar-refractivity contribution in [1.29, 1.82) is 0 Å². The molecule has 4 heteroatoms. The highest BCUT2D eigenvalue weighted by molar-refractivity contribution is 6.48. The molecule has 0 fully saturated rings. The molecule has 1 atom stereocenters. The number of unbranched alkanes of at least 4 members (excludes halogenated alkanes) is 5. The van der Waals surface area contributed by atoms with Gasteiger partial charge in [-0.15, -0.1) is 0 Å². The third kappa shape index (κ3) is 8.02. The van der Waals surface area contributed by atoms with Gasteiger partial charge in [0, 0.05) is 12.0 Å². The van der Waals surface area contributed by atoms with Gasteiger partial charge in [-0.2, -0.15) is 0 Å². The second-order valence-corrected chi connectivity index (χ2v) is 12.0. The lowest BCUT2D eigenvalue weighted by atomic mass is 9.73. The summed E-state index contributed by atoms with van der Waals surface area (Å²) in [4.78, 5) is 15.6. The van der Waals surface area contributed by atoms with Gasteiger partial charge in [0.15, 0.2) is 15.3 Å². The number of carbonyl (C=O) groups is 1. The number of aldehydes is 1. The third-order valence-corrected chi connectivity index (χ3v) is 6.55. The number of benzene rings is 1. The molecule has 29 heavy (non-hydrogen) atoms. The Hall–Kier alpha value is -1.52. The summed E-state index contributed by atoms with van der Waals surface area (Å²) in [5.41, 5.74) is 2.97. The highest BCUT2D eigenvalue weighted by Crippen LogP contribution is 2.39. The number of nitrogens with zero attached hydrogens (tertiary/aromatic N) is 1. The van der Waals surface area contributed by atoms with Crippen LogP contribution in [0.5, 0.6) is 0 Å². The van der Waals surface area contributed by atoms with E-state index in [-0.39, 0.29) is 5.41 Å². The molecule has 2 aromatic rings. The summed E-state index contributed by atoms with van der Waals surface area (Å²) in [6.07, 6.45) is 9.72. The molecule has 160 valence electrons. The zero-order chi connectivity index (χ0) is 21.3. The molecule has 1 aromatic heterocycles. The molecule has 1 aromatic carbocycles. The van der Waals surface area contributed by atoms with Crippen LogP contribution in [0.2, 0.25) is 13.1 Å². The summed E-state index contributed by atoms with van der Waals surface area (Å²) in [5.74, 6) is 0.498. The maximum Gasteiger partial charge on any atom is 0.170 e. The van der Waals surface area contributed by atoms with Crippen molar-refractivity contribution in [2.75, 3.05) is 6.61 Å². The minimum atomic E-state index is -0.841. The van der Waals surface area contributed by atoms with E-state index in [9.17, 15) is 4.79 Å². The van der Waals surface area contributed by atoms with Crippen LogP contribution in [0.15, 0.2) is 30.3 Å². The van der Waals surface area contributed by atoms with Crippen molar-refractivity contribution in [3.05, 3.63) is 41.6 Å². The quantitative estimate of drug-likeness (QED) is 0.216. The molecule has 0 amide bonds. The van der Waals surface area contributed by atoms with Crippen molar-refractivity contribution in [2.45, 2.75) is 84.7 Å². The van der Waals surface area contributed by atoms with Crippen molar-refractivity contribution in [3.8, 4) is 0 Å². The Labute approximate surface area is 179 Å². The zero-order valence-electron chi connectivity index (χ0n) is 19.0. The number of rotatable bonds is 12. The lowest BCUT2D eigenvalue weighted by Gasteiger charge is -2.31. The van der Waals surface area contributed by atoms with E-state index >= 15 is 0 Å². The molecule has 0 saturated carbocycles. The molecule has 0 N–H and O–H groups in total. The van der Waals surface area contributed by atoms with E-state index in [0.29, 0.717) is 11.6 Å². The standard InChI is InChI=1S/C25H39NO2Si/c1-25(2,3)23(12-10-8-6-7-9-11-17-28-29(4)5)21-14-13-20-15-16-22(19-27)26-24(20)18-21/h13-16,18-19,23,29H,6-12,17H2,1-5H3. The first-order valence-electron chi connectivity index (χ1n) is 11.3. The Bertz CT molecular complexity index is 767. The molecule has 0 radical (unpaired) electrons. The van der Waals surface area contributed by atoms with Gasteiger partial charge in [-0.05, 0) is 55.0 Å². The molecule has 0 bridgehead atoms. The zero-order valence-corrected chi connectivity index (χ0v) is 20.2. The topological polar surface area (TPSA) is 39.2 Å². The summed E-state index contributed by atoms with van der Waals surface area (Å²) >= 11 is 0. The number of pyridine rings is 1. The monoisotopic (exact) mass is 413 g/mol. The largest absolute Gasteiger partial charge is 0.421 e. The van der Waals surface area contributed by atoms with Gasteiger partial charge in [0.2, 0.25) is 0 Å². The van der Waals surface area contributed by atoms with E-state index in [1.165, 1.54) is 50.5 Å². The summed E-state index contributed by atoms with van der Waals surface area (Å²) in [7, 11) is -0.841. The van der Waals surface area contributed by atoms with Crippen LogP contribution in [0.25, 0.3) is 10.9 Å². The lowest BCUT2D eigenvalue weighted by molar-refractivity contribution is 0.111. The average molecular weight is 414 g/mol. The van der Waals surface area contributed by atoms with Gasteiger partial charge in [-0.3, -0.25) is 4.79 Å². The first-order valence-corrected chi connectivity index (χ1v) is 14.1. The Morgan fingerprint density at radius 3 is 2.31 bits per heavy atom. The third-order valence-electron chi connectivity index (χ3n) is 5.64. The maximum atomic E-state index is 11.1. The Balaban J connectivity index is 1.88. The molecule has 3 nitrogen and oxygen atoms in total. The first-order chi connectivity index (χ1) is 13.8. The van der Waals surface area contributed by atoms with Crippen molar-refractivity contribution < 1.29 is 9.22 Å². The van der Waals surface area contributed by atoms with Crippen molar-refractivity contribution >= 4 is 26.2 Å². The predicted octanol–water partition coefficient (Wildman–Crippen LogP) is 6.91. The summed E-state index contributed by atoms with van der Waals surface area (Å²) in [6.45, 7) is 12.4. The number of aromatic nitrogens is 1. The Kier molecular flexibility index (Phi) is 9.51. The van der Waals surface area contributed by atoms with Gasteiger partial charge in [0.05, 0.1) is 5.52 Å². The van der Waals surface area contributed by atoms with Crippen molar-refractivity contribution in [3.63, 3.8) is 0 Å². The van der Waals surface area contributed by atoms with Crippen LogP contribution in [0.4, 0.5) is 0 Å². The molecule has 0 saturated heterocycles. The fourth-order valence-corrected chi connectivity index (χ4v) is 4.65. The molecule has 0 spiro atoms. The molecule has 1 unspecified atom stereocenters. The van der Waals surface area contributed by atoms with E-state index in [4.69, 9.17) is 4.43 Å². The highest BCUT2D eigenvalue weighted by Gasteiger charge is 2.26. The molecule has 1 heterocycles. The molecule has 2 rings (SSSR count). The Morgan fingerprint density at radius 1 is 1.00 bits per heavy atom. The van der Waals surface area contributed by atoms with E-state index in [1.807, 2.05) is 6.07 Å². The fourth-order valence-electron chi connectivity index (χ4n) is 4.01. The average Bonchev–Trinajstić information content (AvgIpc) is 2.67. The van der Waals surface area contributed by atoms with E-state index < -0.39 is 9.04 Å². The lowest BCUT2D eigenvalue weighted by Crippen LogP contribution is -2.18. The summed E-state index contributed by atoms with van der Waals surface area (Å²) in [5, 5.41) is 1.09. The van der Waals surface area contributed by atoms with Crippen molar-refractivity contribution in [1.82, 2.24) is 4.98 Å². The summed E-state index contributed by atoms with van der Waals surface area (Å²) < 4.78 is 5.75. The number of hydrogen-bond acceptors (Lipinski definition) is 3. The van der Waals surface area contributed by atoms with Crippen LogP contribution < -0.4 is 0 Å². The van der Waals surface area contributed by atoms with Crippen LogP contribution in [0.1, 0.15) is 87.7 Å². The number of hydrogen-bond donors (Lipinski definition) is 0. The van der Waals surface area contributed by atoms with Crippen LogP contribution >= 0.6 is 0 Å². The van der Waals surface area contributed by atoms with Crippen LogP contribution in [-0.2, 0) is 4.43 Å². The minimum absolute atomic E-state index is 0.202. The molecule has 0 aliphatic carbocycles. The molecular weight excluding hydrogens is 374 g/mol. The van der Waals surface area contributed by atoms with Gasteiger partial charge < -0.3 is 4.43 Å². The van der Waals surface area contributed by atoms with E-state index in [1.54, 1.807) is 6.07 Å². The highest BCUT2D eigenvalue weighted by atomic mass is 28.3. The van der Waals surface area contributed by atoms with E-state index in [0.717, 1.165) is 23.8 Å². The van der Waals surface area contributed by atoms with Crippen LogP contribution in [-0.4, -0.2) is 26.9 Å². The Morgan fingerprint density at radius 2 is 1.66 bits per heavy atom. The minimum Gasteiger partial charge on any atom is -0.421 e. The molecule has 0 aliphatic rings. The van der Waals surface area contributed by atoms with Gasteiger partial charge in [-0.1, -0.05) is 71.1 Å². The first kappa shape index (κ1) is 23.8. The predicted molar refractivity (Wildman–Crippen MR) is 126 cm³/mol. The molecular formula is C25H39NO2Si. The van der Waals surface area contributed by atoms with Crippen molar-refractivity contribution in [2.24, 2.45) is 5.41 Å². The second-order valence-electron chi connectivity index (χ2n) is 9.55. The fraction of sp³-hybridized carbons (Fsp3) is 0.600. The smallest absolute Gasteiger partial charge is 0.170 e. The number of fused-ring (bicyclic) bond motifs is 1. The maximum absolute atomic E-state index is 11.1. The van der Waals surface area contributed by atoms with Gasteiger partial charge >= 0.3 is 0 Å². The van der Waals surface area contributed by atoms with Crippen LogP contribution in [0, 0.1) is 5.41 Å².